The van der Waals surface area contributed by atoms with Crippen LogP contribution in [0.4, 0.5) is 11.4 Å². The van der Waals surface area contributed by atoms with Crippen LogP contribution >= 0.6 is 0 Å². The van der Waals surface area contributed by atoms with E-state index in [-0.39, 0.29) is 0 Å². The number of aromatic nitrogens is 2. The minimum atomic E-state index is 0.487. The molecule has 2 heterocycles. The highest BCUT2D eigenvalue weighted by Crippen LogP contribution is 2.31. The van der Waals surface area contributed by atoms with Crippen LogP contribution in [0.15, 0.2) is 61.1 Å². The van der Waals surface area contributed by atoms with Crippen molar-refractivity contribution in [3.05, 3.63) is 83.3 Å². The second-order valence-electron chi connectivity index (χ2n) is 6.64. The monoisotopic (exact) mass is 380 g/mol. The lowest BCUT2D eigenvalue weighted by Gasteiger charge is -2.14. The zero-order chi connectivity index (χ0) is 20.2. The van der Waals surface area contributed by atoms with Crippen molar-refractivity contribution >= 4 is 34.4 Å². The van der Waals surface area contributed by atoms with E-state index in [4.69, 9.17) is 4.74 Å². The summed E-state index contributed by atoms with van der Waals surface area (Å²) in [4.78, 5) is 7.45. The van der Waals surface area contributed by atoms with Gasteiger partial charge in [0.05, 0.1) is 18.4 Å². The third kappa shape index (κ3) is 3.56. The van der Waals surface area contributed by atoms with Gasteiger partial charge < -0.3 is 15.0 Å². The molecule has 0 radical (unpaired) electrons. The van der Waals surface area contributed by atoms with Crippen LogP contribution in [-0.2, 0) is 0 Å². The van der Waals surface area contributed by atoms with Crippen LogP contribution in [-0.4, -0.2) is 17.1 Å². The van der Waals surface area contributed by atoms with E-state index in [9.17, 15) is 5.26 Å². The van der Waals surface area contributed by atoms with Crippen LogP contribution in [0.1, 0.15) is 22.3 Å². The second-order valence-corrected chi connectivity index (χ2v) is 6.64. The van der Waals surface area contributed by atoms with Gasteiger partial charge >= 0.3 is 0 Å². The first-order valence-corrected chi connectivity index (χ1v) is 9.24. The molecular weight excluding hydrogens is 360 g/mol. The maximum atomic E-state index is 9.62. The molecule has 2 aromatic carbocycles. The summed E-state index contributed by atoms with van der Waals surface area (Å²) in [5.74, 6) is 0.788. The van der Waals surface area contributed by atoms with Crippen molar-refractivity contribution in [3.8, 4) is 11.8 Å². The molecular formula is C24H20N4O. The summed E-state index contributed by atoms with van der Waals surface area (Å²) >= 11 is 0. The minimum absolute atomic E-state index is 0.487. The van der Waals surface area contributed by atoms with E-state index in [1.54, 1.807) is 19.5 Å². The number of hydrogen-bond acceptors (Lipinski definition) is 4. The van der Waals surface area contributed by atoms with Crippen LogP contribution in [0.2, 0.25) is 0 Å². The molecule has 0 fully saturated rings. The molecule has 0 spiro atoms. The summed E-state index contributed by atoms with van der Waals surface area (Å²) in [6.07, 6.45) is 9.16. The summed E-state index contributed by atoms with van der Waals surface area (Å²) in [5, 5.41) is 14.2. The minimum Gasteiger partial charge on any atom is -0.496 e. The van der Waals surface area contributed by atoms with E-state index in [0.717, 1.165) is 44.7 Å². The fourth-order valence-electron chi connectivity index (χ4n) is 3.37. The topological polar surface area (TPSA) is 73.7 Å². The van der Waals surface area contributed by atoms with Crippen LogP contribution in [0, 0.1) is 18.3 Å². The average molecular weight is 380 g/mol. The number of nitrogens with zero attached hydrogens (tertiary/aromatic N) is 2. The number of methoxy groups -OCH3 is 1. The summed E-state index contributed by atoms with van der Waals surface area (Å²) in [7, 11) is 1.65. The quantitative estimate of drug-likeness (QED) is 0.468. The molecule has 2 N–H and O–H groups in total. The van der Waals surface area contributed by atoms with Gasteiger partial charge in [-0.05, 0) is 36.8 Å². The number of H-pyrrole nitrogens is 1. The molecule has 142 valence electrons. The van der Waals surface area contributed by atoms with Crippen molar-refractivity contribution < 1.29 is 4.74 Å². The molecule has 0 saturated heterocycles. The van der Waals surface area contributed by atoms with E-state index < -0.39 is 0 Å². The highest BCUT2D eigenvalue weighted by atomic mass is 16.5. The first kappa shape index (κ1) is 18.3. The number of anilines is 2. The predicted octanol–water partition coefficient (Wildman–Crippen LogP) is 5.67. The Kier molecular flexibility index (Phi) is 5.00. The van der Waals surface area contributed by atoms with Crippen LogP contribution in [0.3, 0.4) is 0 Å². The molecule has 0 amide bonds. The fourth-order valence-corrected chi connectivity index (χ4v) is 3.37. The Bertz CT molecular complexity index is 1250. The Balaban J connectivity index is 1.76. The molecule has 2 aromatic heterocycles. The lowest BCUT2D eigenvalue weighted by molar-refractivity contribution is 0.414. The van der Waals surface area contributed by atoms with Gasteiger partial charge in [-0.15, -0.1) is 0 Å². The van der Waals surface area contributed by atoms with Gasteiger partial charge in [-0.1, -0.05) is 30.4 Å². The number of para-hydroxylation sites is 1. The van der Waals surface area contributed by atoms with Crippen molar-refractivity contribution in [2.45, 2.75) is 6.92 Å². The molecule has 4 aromatic rings. The van der Waals surface area contributed by atoms with Crippen molar-refractivity contribution in [1.82, 2.24) is 9.97 Å². The number of fused-ring (bicyclic) bond motifs is 1. The largest absolute Gasteiger partial charge is 0.496 e. The smallest absolute Gasteiger partial charge is 0.126 e. The number of nitrogens with one attached hydrogen (secondary N) is 2. The molecule has 0 atom stereocenters. The third-order valence-electron chi connectivity index (χ3n) is 4.94. The Morgan fingerprint density at radius 3 is 2.72 bits per heavy atom. The molecule has 5 nitrogen and oxygen atoms in total. The number of benzene rings is 2. The number of hydrogen-bond donors (Lipinski definition) is 2. The summed E-state index contributed by atoms with van der Waals surface area (Å²) < 4.78 is 5.42. The number of ether oxygens (including phenoxy) is 1. The van der Waals surface area contributed by atoms with Crippen LogP contribution < -0.4 is 10.1 Å². The molecule has 0 aliphatic carbocycles. The average Bonchev–Trinajstić information content (AvgIpc) is 3.24. The van der Waals surface area contributed by atoms with Gasteiger partial charge in [0.1, 0.15) is 11.8 Å². The Morgan fingerprint density at radius 1 is 1.07 bits per heavy atom. The highest BCUT2D eigenvalue weighted by molar-refractivity contribution is 5.90. The van der Waals surface area contributed by atoms with Crippen LogP contribution in [0.5, 0.6) is 5.75 Å². The zero-order valence-electron chi connectivity index (χ0n) is 16.2. The normalized spacial score (nSPS) is 10.9. The molecule has 0 saturated carbocycles. The zero-order valence-corrected chi connectivity index (χ0v) is 16.2. The number of rotatable bonds is 5. The van der Waals surface area contributed by atoms with E-state index >= 15 is 0 Å². The molecule has 0 unspecified atom stereocenters. The summed E-state index contributed by atoms with van der Waals surface area (Å²) in [5.41, 5.74) is 6.14. The lowest BCUT2D eigenvalue weighted by Crippen LogP contribution is -1.99. The summed E-state index contributed by atoms with van der Waals surface area (Å²) in [6.45, 7) is 2.07. The van der Waals surface area contributed by atoms with Gasteiger partial charge in [0, 0.05) is 46.3 Å². The van der Waals surface area contributed by atoms with E-state index in [0.29, 0.717) is 5.56 Å². The van der Waals surface area contributed by atoms with E-state index in [1.807, 2.05) is 54.7 Å². The van der Waals surface area contributed by atoms with Crippen molar-refractivity contribution in [1.29, 1.82) is 5.26 Å². The first-order valence-electron chi connectivity index (χ1n) is 9.24. The Hall–Kier alpha value is -4.04. The SMILES string of the molecule is COc1ccccc1/C=C/c1cncc(C#N)c1Nc1ccc2[nH]ccc2c1C. The maximum absolute atomic E-state index is 9.62. The second kappa shape index (κ2) is 7.91. The standard InChI is InChI=1S/C24H20N4O/c1-16-20-11-12-27-22(20)10-9-21(16)28-24-18(14-26-15-19(24)13-25)8-7-17-5-3-4-6-23(17)29-2/h3-12,14-15,27H,1-2H3,(H,26,28)/b8-7+. The van der Waals surface area contributed by atoms with Gasteiger partial charge in [-0.25, -0.2) is 0 Å². The molecule has 0 aliphatic heterocycles. The highest BCUT2D eigenvalue weighted by Gasteiger charge is 2.11. The molecule has 29 heavy (non-hydrogen) atoms. The number of nitriles is 1. The van der Waals surface area contributed by atoms with Crippen molar-refractivity contribution in [3.63, 3.8) is 0 Å². The van der Waals surface area contributed by atoms with Gasteiger partial charge in [0.15, 0.2) is 0 Å². The van der Waals surface area contributed by atoms with Crippen molar-refractivity contribution in [2.75, 3.05) is 12.4 Å². The number of aromatic amines is 1. The maximum Gasteiger partial charge on any atom is 0.126 e. The predicted molar refractivity (Wildman–Crippen MR) is 117 cm³/mol. The van der Waals surface area contributed by atoms with Gasteiger partial charge in [0.25, 0.3) is 0 Å². The molecule has 0 bridgehead atoms. The molecule has 0 aliphatic rings. The van der Waals surface area contributed by atoms with Crippen LogP contribution in [0.25, 0.3) is 23.1 Å². The van der Waals surface area contributed by atoms with Gasteiger partial charge in [-0.2, -0.15) is 5.26 Å². The molecule has 4 rings (SSSR count). The van der Waals surface area contributed by atoms with Gasteiger partial charge in [0.2, 0.25) is 0 Å². The first-order chi connectivity index (χ1) is 14.2. The van der Waals surface area contributed by atoms with Crippen molar-refractivity contribution in [2.24, 2.45) is 0 Å². The van der Waals surface area contributed by atoms with Gasteiger partial charge in [-0.3, -0.25) is 4.98 Å². The lowest BCUT2D eigenvalue weighted by atomic mass is 10.1. The third-order valence-corrected chi connectivity index (χ3v) is 4.94. The van der Waals surface area contributed by atoms with E-state index in [2.05, 4.69) is 34.3 Å². The summed E-state index contributed by atoms with van der Waals surface area (Å²) in [6, 6.07) is 16.1. The fraction of sp³-hybridized carbons (Fsp3) is 0.0833. The molecule has 5 heteroatoms. The number of pyridine rings is 1. The Morgan fingerprint density at radius 2 is 1.90 bits per heavy atom. The Labute approximate surface area is 169 Å². The number of aryl methyl sites for hydroxylation is 1. The van der Waals surface area contributed by atoms with E-state index in [1.165, 1.54) is 0 Å².